The van der Waals surface area contributed by atoms with Gasteiger partial charge >= 0.3 is 0 Å². The zero-order valence-electron chi connectivity index (χ0n) is 9.56. The molecule has 0 aliphatic rings. The molecule has 0 fully saturated rings. The number of pyridine rings is 1. The van der Waals surface area contributed by atoms with Crippen LogP contribution in [0.3, 0.4) is 0 Å². The van der Waals surface area contributed by atoms with Crippen LogP contribution >= 0.6 is 22.9 Å². The third-order valence-electron chi connectivity index (χ3n) is 2.37. The zero-order valence-corrected chi connectivity index (χ0v) is 11.1. The van der Waals surface area contributed by atoms with Crippen molar-refractivity contribution in [2.24, 2.45) is 0 Å². The summed E-state index contributed by atoms with van der Waals surface area (Å²) in [4.78, 5) is 18.0. The molecule has 3 nitrogen and oxygen atoms in total. The lowest BCUT2D eigenvalue weighted by atomic mass is 10.2. The number of carbonyl (C=O) groups is 1. The summed E-state index contributed by atoms with van der Waals surface area (Å²) in [6.45, 7) is 0.401. The van der Waals surface area contributed by atoms with Crippen LogP contribution in [0.1, 0.15) is 15.2 Å². The average Bonchev–Trinajstić information content (AvgIpc) is 2.74. The van der Waals surface area contributed by atoms with Crippen LogP contribution in [0, 0.1) is 5.82 Å². The number of carbonyl (C=O) groups excluding carboxylic acids is 1. The van der Waals surface area contributed by atoms with E-state index in [1.165, 1.54) is 28.5 Å². The van der Waals surface area contributed by atoms with Crippen molar-refractivity contribution in [1.82, 2.24) is 9.88 Å². The molecule has 2 heterocycles. The van der Waals surface area contributed by atoms with Crippen molar-refractivity contribution in [3.63, 3.8) is 0 Å². The molecule has 0 spiro atoms. The minimum absolute atomic E-state index is 0.0233. The first kappa shape index (κ1) is 13.0. The predicted molar refractivity (Wildman–Crippen MR) is 69.3 cm³/mol. The van der Waals surface area contributed by atoms with E-state index >= 15 is 0 Å². The van der Waals surface area contributed by atoms with E-state index < -0.39 is 5.82 Å². The number of thiophene rings is 1. The van der Waals surface area contributed by atoms with Crippen LogP contribution in [0.2, 0.25) is 4.34 Å². The zero-order chi connectivity index (χ0) is 13.1. The molecule has 1 amide bonds. The molecule has 0 N–H and O–H groups in total. The lowest BCUT2D eigenvalue weighted by molar-refractivity contribution is 0.0781. The van der Waals surface area contributed by atoms with Crippen molar-refractivity contribution >= 4 is 28.8 Å². The summed E-state index contributed by atoms with van der Waals surface area (Å²) in [6.07, 6.45) is 2.43. The normalized spacial score (nSPS) is 10.4. The van der Waals surface area contributed by atoms with Crippen LogP contribution in [0.15, 0.2) is 30.6 Å². The summed E-state index contributed by atoms with van der Waals surface area (Å²) in [6, 6.07) is 4.99. The maximum Gasteiger partial charge on any atom is 0.257 e. The van der Waals surface area contributed by atoms with Crippen molar-refractivity contribution in [2.75, 3.05) is 7.05 Å². The van der Waals surface area contributed by atoms with Gasteiger partial charge in [-0.3, -0.25) is 9.78 Å². The minimum atomic E-state index is -0.612. The van der Waals surface area contributed by atoms with Gasteiger partial charge in [-0.05, 0) is 18.2 Å². The van der Waals surface area contributed by atoms with Gasteiger partial charge in [0.2, 0.25) is 0 Å². The minimum Gasteiger partial charge on any atom is -0.336 e. The highest BCUT2D eigenvalue weighted by molar-refractivity contribution is 7.16. The number of hydrogen-bond donors (Lipinski definition) is 0. The van der Waals surface area contributed by atoms with Gasteiger partial charge in [-0.15, -0.1) is 11.3 Å². The van der Waals surface area contributed by atoms with E-state index in [0.29, 0.717) is 10.9 Å². The molecule has 0 aromatic carbocycles. The van der Waals surface area contributed by atoms with Crippen molar-refractivity contribution in [3.8, 4) is 0 Å². The summed E-state index contributed by atoms with van der Waals surface area (Å²) in [5.74, 6) is -0.988. The molecule has 0 saturated heterocycles. The fourth-order valence-electron chi connectivity index (χ4n) is 1.50. The molecule has 6 heteroatoms. The molecule has 18 heavy (non-hydrogen) atoms. The summed E-state index contributed by atoms with van der Waals surface area (Å²) in [5, 5.41) is 0. The van der Waals surface area contributed by atoms with Crippen LogP contribution in [-0.2, 0) is 6.54 Å². The Morgan fingerprint density at radius 2 is 2.28 bits per heavy atom. The molecule has 0 saturated carbocycles. The maximum absolute atomic E-state index is 13.4. The topological polar surface area (TPSA) is 33.2 Å². The van der Waals surface area contributed by atoms with Crippen LogP contribution in [-0.4, -0.2) is 22.8 Å². The second kappa shape index (κ2) is 5.46. The Labute approximate surface area is 113 Å². The molecule has 2 aromatic heterocycles. The van der Waals surface area contributed by atoms with Gasteiger partial charge in [-0.2, -0.15) is 0 Å². The molecule has 94 valence electrons. The molecule has 0 bridgehead atoms. The van der Waals surface area contributed by atoms with Gasteiger partial charge in [0.1, 0.15) is 0 Å². The Bertz CT molecular complexity index is 573. The molecule has 0 unspecified atom stereocenters. The summed E-state index contributed by atoms with van der Waals surface area (Å²) in [7, 11) is 1.62. The first-order valence-electron chi connectivity index (χ1n) is 5.17. The van der Waals surface area contributed by atoms with E-state index in [9.17, 15) is 9.18 Å². The smallest absolute Gasteiger partial charge is 0.257 e. The van der Waals surface area contributed by atoms with Gasteiger partial charge < -0.3 is 4.90 Å². The monoisotopic (exact) mass is 284 g/mol. The number of nitrogens with zero attached hydrogens (tertiary/aromatic N) is 2. The van der Waals surface area contributed by atoms with Gasteiger partial charge in [0.15, 0.2) is 5.82 Å². The van der Waals surface area contributed by atoms with Crippen molar-refractivity contribution in [2.45, 2.75) is 6.54 Å². The summed E-state index contributed by atoms with van der Waals surface area (Å²) >= 11 is 7.21. The summed E-state index contributed by atoms with van der Waals surface area (Å²) in [5.41, 5.74) is 0.0233. The lowest BCUT2D eigenvalue weighted by Gasteiger charge is -2.16. The van der Waals surface area contributed by atoms with E-state index in [0.717, 1.165) is 11.1 Å². The number of rotatable bonds is 3. The van der Waals surface area contributed by atoms with Gasteiger partial charge in [0.05, 0.1) is 22.6 Å². The van der Waals surface area contributed by atoms with Gasteiger partial charge in [0.25, 0.3) is 5.91 Å². The molecular weight excluding hydrogens is 275 g/mol. The average molecular weight is 285 g/mol. The molecule has 0 aliphatic heterocycles. The van der Waals surface area contributed by atoms with E-state index in [4.69, 9.17) is 11.6 Å². The SMILES string of the molecule is CN(Cc1ccc(Cl)s1)C(=O)c1ccncc1F. The Morgan fingerprint density at radius 3 is 2.89 bits per heavy atom. The van der Waals surface area contributed by atoms with Crippen LogP contribution in [0.5, 0.6) is 0 Å². The number of halogens is 2. The van der Waals surface area contributed by atoms with Gasteiger partial charge in [-0.25, -0.2) is 4.39 Å². The Hall–Kier alpha value is -1.46. The van der Waals surface area contributed by atoms with Crippen LogP contribution in [0.4, 0.5) is 4.39 Å². The standard InChI is InChI=1S/C12H10ClFN2OS/c1-16(7-8-2-3-11(13)18-8)12(17)9-4-5-15-6-10(9)14/h2-6H,7H2,1H3. The fourth-order valence-corrected chi connectivity index (χ4v) is 2.64. The second-order valence-electron chi connectivity index (χ2n) is 3.72. The molecule has 0 radical (unpaired) electrons. The van der Waals surface area contributed by atoms with Crippen molar-refractivity contribution in [1.29, 1.82) is 0 Å². The Morgan fingerprint density at radius 1 is 1.50 bits per heavy atom. The lowest BCUT2D eigenvalue weighted by Crippen LogP contribution is -2.26. The predicted octanol–water partition coefficient (Wildman–Crippen LogP) is 3.21. The molecule has 2 aromatic rings. The van der Waals surface area contributed by atoms with Gasteiger partial charge in [0, 0.05) is 18.1 Å². The van der Waals surface area contributed by atoms with Crippen molar-refractivity contribution in [3.05, 3.63) is 51.2 Å². The summed E-state index contributed by atoms with van der Waals surface area (Å²) < 4.78 is 14.1. The molecular formula is C12H10ClFN2OS. The van der Waals surface area contributed by atoms with Crippen LogP contribution in [0.25, 0.3) is 0 Å². The van der Waals surface area contributed by atoms with E-state index in [-0.39, 0.29) is 11.5 Å². The highest BCUT2D eigenvalue weighted by Crippen LogP contribution is 2.23. The third-order valence-corrected chi connectivity index (χ3v) is 3.59. The third kappa shape index (κ3) is 2.86. The second-order valence-corrected chi connectivity index (χ2v) is 5.52. The highest BCUT2D eigenvalue weighted by Gasteiger charge is 2.16. The first-order chi connectivity index (χ1) is 8.58. The molecule has 0 aliphatic carbocycles. The molecule has 2 rings (SSSR count). The Balaban J connectivity index is 2.12. The van der Waals surface area contributed by atoms with E-state index in [1.807, 2.05) is 6.07 Å². The van der Waals surface area contributed by atoms with Crippen molar-refractivity contribution < 1.29 is 9.18 Å². The van der Waals surface area contributed by atoms with Gasteiger partial charge in [-0.1, -0.05) is 11.6 Å². The number of hydrogen-bond acceptors (Lipinski definition) is 3. The maximum atomic E-state index is 13.4. The van der Waals surface area contributed by atoms with E-state index in [1.54, 1.807) is 13.1 Å². The van der Waals surface area contributed by atoms with E-state index in [2.05, 4.69) is 4.98 Å². The Kier molecular flexibility index (Phi) is 3.93. The highest BCUT2D eigenvalue weighted by atomic mass is 35.5. The fraction of sp³-hybridized carbons (Fsp3) is 0.167. The quantitative estimate of drug-likeness (QED) is 0.867. The number of amides is 1. The number of aromatic nitrogens is 1. The first-order valence-corrected chi connectivity index (χ1v) is 6.36. The van der Waals surface area contributed by atoms with Crippen LogP contribution < -0.4 is 0 Å². The molecule has 0 atom stereocenters. The largest absolute Gasteiger partial charge is 0.336 e.